The number of hydrogen-bond acceptors (Lipinski definition) is 4. The zero-order valence-electron chi connectivity index (χ0n) is 19.1. The maximum atomic E-state index is 13.1. The predicted octanol–water partition coefficient (Wildman–Crippen LogP) is 4.21. The van der Waals surface area contributed by atoms with E-state index in [1.54, 1.807) is 0 Å². The van der Waals surface area contributed by atoms with Crippen molar-refractivity contribution < 1.29 is 24.2 Å². The number of carboxylic acids is 1. The van der Waals surface area contributed by atoms with Crippen molar-refractivity contribution in [2.75, 3.05) is 6.61 Å². The summed E-state index contributed by atoms with van der Waals surface area (Å²) in [5, 5.41) is 14.9. The van der Waals surface area contributed by atoms with Gasteiger partial charge in [0.2, 0.25) is 5.91 Å². The molecule has 0 aromatic heterocycles. The Morgan fingerprint density at radius 2 is 1.62 bits per heavy atom. The minimum atomic E-state index is -0.937. The SMILES string of the molecule is O=C(O)C[C@@H]1CC[C@H](NC(=O)C2(NC(=O)OCC3c4ccccc4-c4ccccc43)CCC2)C1. The molecule has 3 aliphatic rings. The van der Waals surface area contributed by atoms with Gasteiger partial charge in [-0.05, 0) is 66.7 Å². The first-order chi connectivity index (χ1) is 16.4. The Kier molecular flexibility index (Phi) is 6.02. The molecular formula is C27H30N2O5. The molecule has 5 rings (SSSR count). The van der Waals surface area contributed by atoms with E-state index in [4.69, 9.17) is 9.84 Å². The Balaban J connectivity index is 1.19. The molecule has 0 aliphatic heterocycles. The molecule has 2 aromatic rings. The minimum absolute atomic E-state index is 0.0334. The van der Waals surface area contributed by atoms with Gasteiger partial charge < -0.3 is 20.5 Å². The first-order valence-electron chi connectivity index (χ1n) is 12.1. The number of alkyl carbamates (subject to hydrolysis) is 1. The summed E-state index contributed by atoms with van der Waals surface area (Å²) in [4.78, 5) is 36.8. The van der Waals surface area contributed by atoms with Crippen LogP contribution in [0.4, 0.5) is 4.79 Å². The van der Waals surface area contributed by atoms with E-state index in [2.05, 4.69) is 34.9 Å². The van der Waals surface area contributed by atoms with Gasteiger partial charge in [0.25, 0.3) is 0 Å². The van der Waals surface area contributed by atoms with Crippen LogP contribution in [0.1, 0.15) is 62.0 Å². The maximum Gasteiger partial charge on any atom is 0.408 e. The second-order valence-corrected chi connectivity index (χ2v) is 9.83. The van der Waals surface area contributed by atoms with Crippen LogP contribution in [0.3, 0.4) is 0 Å². The van der Waals surface area contributed by atoms with Crippen LogP contribution in [0.5, 0.6) is 0 Å². The van der Waals surface area contributed by atoms with Gasteiger partial charge in [0, 0.05) is 18.4 Å². The number of carbonyl (C=O) groups excluding carboxylic acids is 2. The van der Waals surface area contributed by atoms with Crippen LogP contribution in [0.25, 0.3) is 11.1 Å². The van der Waals surface area contributed by atoms with Crippen LogP contribution in [-0.4, -0.2) is 41.3 Å². The number of nitrogens with one attached hydrogen (secondary N) is 2. The van der Waals surface area contributed by atoms with Crippen molar-refractivity contribution in [1.29, 1.82) is 0 Å². The molecule has 178 valence electrons. The van der Waals surface area contributed by atoms with E-state index in [1.165, 1.54) is 11.1 Å². The first-order valence-corrected chi connectivity index (χ1v) is 12.1. The van der Waals surface area contributed by atoms with Crippen molar-refractivity contribution >= 4 is 18.0 Å². The predicted molar refractivity (Wildman–Crippen MR) is 126 cm³/mol. The molecule has 34 heavy (non-hydrogen) atoms. The zero-order valence-corrected chi connectivity index (χ0v) is 19.1. The average molecular weight is 463 g/mol. The molecule has 2 amide bonds. The molecule has 3 aliphatic carbocycles. The minimum Gasteiger partial charge on any atom is -0.481 e. The summed E-state index contributed by atoms with van der Waals surface area (Å²) >= 11 is 0. The highest BCUT2D eigenvalue weighted by Gasteiger charge is 2.47. The van der Waals surface area contributed by atoms with E-state index in [9.17, 15) is 14.4 Å². The number of ether oxygens (including phenoxy) is 1. The lowest BCUT2D eigenvalue weighted by Gasteiger charge is -2.41. The fourth-order valence-corrected chi connectivity index (χ4v) is 5.73. The number of carboxylic acid groups (broad SMARTS) is 1. The number of carbonyl (C=O) groups is 3. The van der Waals surface area contributed by atoms with Crippen LogP contribution < -0.4 is 10.6 Å². The molecule has 0 bridgehead atoms. The van der Waals surface area contributed by atoms with Gasteiger partial charge in [-0.3, -0.25) is 9.59 Å². The van der Waals surface area contributed by atoms with Gasteiger partial charge in [-0.15, -0.1) is 0 Å². The fourth-order valence-electron chi connectivity index (χ4n) is 5.73. The Bertz CT molecular complexity index is 1060. The molecule has 0 radical (unpaired) electrons. The standard InChI is InChI=1S/C27H30N2O5/c30-24(31)15-17-10-11-18(14-17)28-25(32)27(12-5-13-27)29-26(33)34-16-23-21-8-3-1-6-19(21)20-7-2-4-9-22(20)23/h1-4,6-9,17-18,23H,5,10-16H2,(H,28,32)(H,29,33)(H,30,31)/t17-,18+/m1/s1. The van der Waals surface area contributed by atoms with Crippen molar-refractivity contribution in [2.45, 2.75) is 62.4 Å². The third-order valence-corrected chi connectivity index (χ3v) is 7.67. The van der Waals surface area contributed by atoms with E-state index in [0.29, 0.717) is 19.3 Å². The lowest BCUT2D eigenvalue weighted by molar-refractivity contribution is -0.138. The highest BCUT2D eigenvalue weighted by molar-refractivity contribution is 5.91. The normalized spacial score (nSPS) is 22.2. The highest BCUT2D eigenvalue weighted by atomic mass is 16.5. The number of fused-ring (bicyclic) bond motifs is 3. The Labute approximate surface area is 198 Å². The summed E-state index contributed by atoms with van der Waals surface area (Å²) in [5.41, 5.74) is 3.68. The molecule has 2 atom stereocenters. The molecule has 2 aromatic carbocycles. The van der Waals surface area contributed by atoms with Crippen molar-refractivity contribution in [3.63, 3.8) is 0 Å². The molecule has 2 fully saturated rings. The number of aliphatic carboxylic acids is 1. The lowest BCUT2D eigenvalue weighted by Crippen LogP contribution is -2.64. The van der Waals surface area contributed by atoms with Crippen LogP contribution in [0, 0.1) is 5.92 Å². The van der Waals surface area contributed by atoms with E-state index in [1.807, 2.05) is 24.3 Å². The van der Waals surface area contributed by atoms with Gasteiger partial charge in [0.1, 0.15) is 12.1 Å². The van der Waals surface area contributed by atoms with Gasteiger partial charge in [-0.2, -0.15) is 0 Å². The summed E-state index contributed by atoms with van der Waals surface area (Å²) in [6.07, 6.45) is 3.81. The van der Waals surface area contributed by atoms with Gasteiger partial charge >= 0.3 is 12.1 Å². The van der Waals surface area contributed by atoms with Crippen molar-refractivity contribution in [2.24, 2.45) is 5.92 Å². The summed E-state index contributed by atoms with van der Waals surface area (Å²) < 4.78 is 5.66. The lowest BCUT2D eigenvalue weighted by atomic mass is 9.76. The molecule has 0 spiro atoms. The number of hydrogen-bond donors (Lipinski definition) is 3. The summed E-state index contributed by atoms with van der Waals surface area (Å²) in [5.74, 6) is -0.929. The molecule has 2 saturated carbocycles. The van der Waals surface area contributed by atoms with E-state index in [-0.39, 0.29) is 36.8 Å². The number of rotatable bonds is 7. The monoisotopic (exact) mass is 462 g/mol. The number of amides is 2. The topological polar surface area (TPSA) is 105 Å². The summed E-state index contributed by atoms with van der Waals surface area (Å²) in [7, 11) is 0. The Morgan fingerprint density at radius 3 is 2.21 bits per heavy atom. The molecule has 7 nitrogen and oxygen atoms in total. The molecular weight excluding hydrogens is 432 g/mol. The number of benzene rings is 2. The summed E-state index contributed by atoms with van der Waals surface area (Å²) in [6, 6.07) is 16.3. The van der Waals surface area contributed by atoms with E-state index in [0.717, 1.165) is 30.4 Å². The molecule has 0 heterocycles. The van der Waals surface area contributed by atoms with E-state index >= 15 is 0 Å². The van der Waals surface area contributed by atoms with Crippen LogP contribution >= 0.6 is 0 Å². The first kappa shape index (κ1) is 22.4. The quantitative estimate of drug-likeness (QED) is 0.572. The smallest absolute Gasteiger partial charge is 0.408 e. The van der Waals surface area contributed by atoms with Gasteiger partial charge in [0.15, 0.2) is 0 Å². The Hall–Kier alpha value is -3.35. The molecule has 0 saturated heterocycles. The molecule has 0 unspecified atom stereocenters. The van der Waals surface area contributed by atoms with Crippen molar-refractivity contribution in [3.8, 4) is 11.1 Å². The van der Waals surface area contributed by atoms with Crippen LogP contribution in [-0.2, 0) is 14.3 Å². The van der Waals surface area contributed by atoms with E-state index < -0.39 is 17.6 Å². The third-order valence-electron chi connectivity index (χ3n) is 7.67. The highest BCUT2D eigenvalue weighted by Crippen LogP contribution is 2.44. The van der Waals surface area contributed by atoms with Crippen LogP contribution in [0.2, 0.25) is 0 Å². The van der Waals surface area contributed by atoms with Crippen molar-refractivity contribution in [1.82, 2.24) is 10.6 Å². The second kappa shape index (κ2) is 9.12. The average Bonchev–Trinajstić information content (AvgIpc) is 3.36. The van der Waals surface area contributed by atoms with Gasteiger partial charge in [0.05, 0.1) is 0 Å². The van der Waals surface area contributed by atoms with Crippen LogP contribution in [0.15, 0.2) is 48.5 Å². The second-order valence-electron chi connectivity index (χ2n) is 9.83. The largest absolute Gasteiger partial charge is 0.481 e. The van der Waals surface area contributed by atoms with Crippen molar-refractivity contribution in [3.05, 3.63) is 59.7 Å². The van der Waals surface area contributed by atoms with Gasteiger partial charge in [-0.25, -0.2) is 4.79 Å². The Morgan fingerprint density at radius 1 is 0.971 bits per heavy atom. The fraction of sp³-hybridized carbons (Fsp3) is 0.444. The molecule has 7 heteroatoms. The molecule has 3 N–H and O–H groups in total. The third kappa shape index (κ3) is 4.27. The zero-order chi connectivity index (χ0) is 23.7. The summed E-state index contributed by atoms with van der Waals surface area (Å²) in [6.45, 7) is 0.205. The van der Waals surface area contributed by atoms with Gasteiger partial charge in [-0.1, -0.05) is 48.5 Å². The maximum absolute atomic E-state index is 13.1.